The minimum absolute atomic E-state index is 0.304. The molecule has 0 aliphatic carbocycles. The van der Waals surface area contributed by atoms with Crippen molar-refractivity contribution in [1.29, 1.82) is 0 Å². The zero-order valence-electron chi connectivity index (χ0n) is 16.6. The van der Waals surface area contributed by atoms with Crippen molar-refractivity contribution in [3.63, 3.8) is 0 Å². The zero-order valence-corrected chi connectivity index (χ0v) is 16.6. The molecule has 0 radical (unpaired) electrons. The lowest BCUT2D eigenvalue weighted by Gasteiger charge is -2.28. The molecule has 2 aromatic rings. The number of rotatable bonds is 8. The van der Waals surface area contributed by atoms with Crippen LogP contribution in [0.5, 0.6) is 0 Å². The third kappa shape index (κ3) is 4.74. The van der Waals surface area contributed by atoms with Crippen molar-refractivity contribution in [3.8, 4) is 0 Å². The molecule has 2 aliphatic heterocycles. The summed E-state index contributed by atoms with van der Waals surface area (Å²) in [6.07, 6.45) is -2.17. The van der Waals surface area contributed by atoms with Crippen molar-refractivity contribution in [1.82, 2.24) is 0 Å². The minimum atomic E-state index is -0.795. The van der Waals surface area contributed by atoms with Gasteiger partial charge in [-0.15, -0.1) is 0 Å². The molecule has 0 unspecified atom stereocenters. The van der Waals surface area contributed by atoms with Gasteiger partial charge >= 0.3 is 0 Å². The van der Waals surface area contributed by atoms with Gasteiger partial charge < -0.3 is 28.5 Å². The maximum Gasteiger partial charge on any atom is 0.190 e. The van der Waals surface area contributed by atoms with E-state index in [2.05, 4.69) is 0 Å². The number of hydrogen-bond donors (Lipinski definition) is 0. The van der Waals surface area contributed by atoms with Crippen LogP contribution in [0, 0.1) is 0 Å². The van der Waals surface area contributed by atoms with Crippen molar-refractivity contribution in [2.24, 2.45) is 0 Å². The Morgan fingerprint density at radius 2 is 1.59 bits per heavy atom. The highest BCUT2D eigenvalue weighted by molar-refractivity contribution is 5.57. The van der Waals surface area contributed by atoms with Crippen LogP contribution in [0.3, 0.4) is 0 Å². The Labute approximate surface area is 170 Å². The van der Waals surface area contributed by atoms with Crippen LogP contribution >= 0.6 is 0 Å². The summed E-state index contributed by atoms with van der Waals surface area (Å²) in [6, 6.07) is 19.5. The maximum absolute atomic E-state index is 11.8. The average Bonchev–Trinajstić information content (AvgIpc) is 3.20. The second kappa shape index (κ2) is 8.73. The van der Waals surface area contributed by atoms with E-state index in [9.17, 15) is 4.79 Å². The van der Waals surface area contributed by atoms with Crippen molar-refractivity contribution in [3.05, 3.63) is 71.8 Å². The molecular weight excluding hydrogens is 372 g/mol. The molecule has 0 aromatic heterocycles. The fraction of sp³-hybridized carbons (Fsp3) is 0.435. The molecule has 2 saturated heterocycles. The van der Waals surface area contributed by atoms with E-state index >= 15 is 0 Å². The van der Waals surface area contributed by atoms with Crippen LogP contribution in [0.4, 0.5) is 0 Å². The standard InChI is InChI=1S/C23H26O6/c1-23(2)28-21-20(26-15-17-11-7-4-8-12-17)19(27-22(21)29-23)18(13-24)25-14-16-9-5-3-6-10-16/h3-13,18-22H,14-15H2,1-2H3/t18-,19+,20-,21+,22+/m0/s1. The van der Waals surface area contributed by atoms with E-state index in [4.69, 9.17) is 23.7 Å². The average molecular weight is 398 g/mol. The van der Waals surface area contributed by atoms with Crippen LogP contribution in [0.25, 0.3) is 0 Å². The van der Waals surface area contributed by atoms with Gasteiger partial charge in [-0.25, -0.2) is 0 Å². The summed E-state index contributed by atoms with van der Waals surface area (Å²) in [5, 5.41) is 0. The number of benzene rings is 2. The first-order valence-electron chi connectivity index (χ1n) is 9.83. The van der Waals surface area contributed by atoms with E-state index in [1.54, 1.807) is 0 Å². The van der Waals surface area contributed by atoms with E-state index in [0.29, 0.717) is 13.2 Å². The molecule has 0 N–H and O–H groups in total. The summed E-state index contributed by atoms with van der Waals surface area (Å²) in [5.74, 6) is -0.768. The second-order valence-corrected chi connectivity index (χ2v) is 7.73. The fourth-order valence-electron chi connectivity index (χ4n) is 3.70. The Balaban J connectivity index is 1.47. The number of carbonyl (C=O) groups excluding carboxylic acids is 1. The normalized spacial score (nSPS) is 28.8. The first kappa shape index (κ1) is 20.2. The lowest BCUT2D eigenvalue weighted by molar-refractivity contribution is -0.231. The van der Waals surface area contributed by atoms with E-state index in [1.807, 2.05) is 74.5 Å². The smallest absolute Gasteiger partial charge is 0.190 e. The third-order valence-corrected chi connectivity index (χ3v) is 5.06. The van der Waals surface area contributed by atoms with Crippen molar-refractivity contribution >= 4 is 6.29 Å². The lowest BCUT2D eigenvalue weighted by Crippen LogP contribution is -2.44. The van der Waals surface area contributed by atoms with Crippen LogP contribution < -0.4 is 0 Å². The highest BCUT2D eigenvalue weighted by atomic mass is 16.8. The van der Waals surface area contributed by atoms with E-state index in [-0.39, 0.29) is 0 Å². The van der Waals surface area contributed by atoms with Crippen molar-refractivity contribution < 1.29 is 28.5 Å². The molecule has 2 aliphatic rings. The van der Waals surface area contributed by atoms with Gasteiger partial charge in [-0.3, -0.25) is 0 Å². The largest absolute Gasteiger partial charge is 0.368 e. The Hall–Kier alpha value is -2.09. The molecule has 29 heavy (non-hydrogen) atoms. The van der Waals surface area contributed by atoms with E-state index < -0.39 is 36.5 Å². The number of hydrogen-bond acceptors (Lipinski definition) is 6. The summed E-state index contributed by atoms with van der Waals surface area (Å²) < 4.78 is 30.0. The summed E-state index contributed by atoms with van der Waals surface area (Å²) in [6.45, 7) is 4.35. The molecule has 5 atom stereocenters. The molecule has 0 saturated carbocycles. The van der Waals surface area contributed by atoms with E-state index in [1.165, 1.54) is 0 Å². The molecule has 154 valence electrons. The molecule has 6 heteroatoms. The number of aldehydes is 1. The molecular formula is C23H26O6. The first-order valence-corrected chi connectivity index (χ1v) is 9.83. The molecule has 0 bridgehead atoms. The predicted octanol–water partition coefficient (Wildman–Crippen LogP) is 3.23. The zero-order chi connectivity index (χ0) is 20.3. The van der Waals surface area contributed by atoms with Crippen LogP contribution in [-0.4, -0.2) is 42.8 Å². The van der Waals surface area contributed by atoms with Crippen LogP contribution in [0.15, 0.2) is 60.7 Å². The Bertz CT molecular complexity index is 794. The molecule has 0 spiro atoms. The van der Waals surface area contributed by atoms with Gasteiger partial charge in [-0.05, 0) is 25.0 Å². The molecule has 2 heterocycles. The number of ether oxygens (including phenoxy) is 5. The van der Waals surface area contributed by atoms with Gasteiger partial charge in [-0.2, -0.15) is 0 Å². The lowest BCUT2D eigenvalue weighted by atomic mass is 10.1. The van der Waals surface area contributed by atoms with Crippen molar-refractivity contribution in [2.75, 3.05) is 0 Å². The third-order valence-electron chi connectivity index (χ3n) is 5.06. The van der Waals surface area contributed by atoms with Gasteiger partial charge in [0.2, 0.25) is 0 Å². The highest BCUT2D eigenvalue weighted by Gasteiger charge is 2.57. The summed E-state index contributed by atoms with van der Waals surface area (Å²) >= 11 is 0. The fourth-order valence-corrected chi connectivity index (χ4v) is 3.70. The molecule has 6 nitrogen and oxygen atoms in total. The monoisotopic (exact) mass is 398 g/mol. The molecule has 2 aromatic carbocycles. The molecule has 4 rings (SSSR count). The van der Waals surface area contributed by atoms with Crippen LogP contribution in [0.2, 0.25) is 0 Å². The SMILES string of the molecule is CC1(C)O[C@H]2O[C@H]([C@H](C=O)OCc3ccccc3)[C@H](OCc3ccccc3)[C@H]2O1. The summed E-state index contributed by atoms with van der Waals surface area (Å²) in [4.78, 5) is 11.8. The highest BCUT2D eigenvalue weighted by Crippen LogP contribution is 2.40. The summed E-state index contributed by atoms with van der Waals surface area (Å²) in [7, 11) is 0. The Kier molecular flexibility index (Phi) is 6.08. The van der Waals surface area contributed by atoms with Crippen molar-refractivity contribution in [2.45, 2.75) is 63.6 Å². The van der Waals surface area contributed by atoms with Crippen LogP contribution in [-0.2, 0) is 41.7 Å². The Morgan fingerprint density at radius 3 is 2.21 bits per heavy atom. The van der Waals surface area contributed by atoms with Gasteiger partial charge in [-0.1, -0.05) is 60.7 Å². The maximum atomic E-state index is 11.8. The van der Waals surface area contributed by atoms with E-state index in [0.717, 1.165) is 17.4 Å². The van der Waals surface area contributed by atoms with Gasteiger partial charge in [0.05, 0.1) is 13.2 Å². The number of fused-ring (bicyclic) bond motifs is 1. The first-order chi connectivity index (χ1) is 14.1. The van der Waals surface area contributed by atoms with Gasteiger partial charge in [0.25, 0.3) is 0 Å². The second-order valence-electron chi connectivity index (χ2n) is 7.73. The topological polar surface area (TPSA) is 63.2 Å². The minimum Gasteiger partial charge on any atom is -0.368 e. The quantitative estimate of drug-likeness (QED) is 0.636. The van der Waals surface area contributed by atoms with Gasteiger partial charge in [0.1, 0.15) is 24.4 Å². The van der Waals surface area contributed by atoms with Gasteiger partial charge in [0.15, 0.2) is 18.4 Å². The van der Waals surface area contributed by atoms with Gasteiger partial charge in [0, 0.05) is 0 Å². The number of carbonyl (C=O) groups is 1. The molecule has 0 amide bonds. The predicted molar refractivity (Wildman–Crippen MR) is 105 cm³/mol. The molecule has 2 fully saturated rings. The Morgan fingerprint density at radius 1 is 0.966 bits per heavy atom. The summed E-state index contributed by atoms with van der Waals surface area (Å²) in [5.41, 5.74) is 2.01. The van der Waals surface area contributed by atoms with Crippen LogP contribution in [0.1, 0.15) is 25.0 Å².